The van der Waals surface area contributed by atoms with Gasteiger partial charge >= 0.3 is 5.97 Å². The second-order valence-electron chi connectivity index (χ2n) is 5.33. The maximum atomic E-state index is 12.3. The zero-order valence-electron chi connectivity index (χ0n) is 12.3. The van der Waals surface area contributed by atoms with Gasteiger partial charge in [0.25, 0.3) is 5.91 Å². The van der Waals surface area contributed by atoms with Crippen LogP contribution in [0.2, 0.25) is 0 Å². The fraction of sp³-hybridized carbons (Fsp3) is 0.533. The number of hydrogen-bond acceptors (Lipinski definition) is 4. The van der Waals surface area contributed by atoms with Gasteiger partial charge in [-0.1, -0.05) is 6.07 Å². The monoisotopic (exact) mass is 324 g/mol. The molecule has 1 aliphatic heterocycles. The molecule has 2 rings (SSSR count). The van der Waals surface area contributed by atoms with Gasteiger partial charge in [0, 0.05) is 19.0 Å². The van der Waals surface area contributed by atoms with Crippen LogP contribution in [0.5, 0.6) is 0 Å². The van der Waals surface area contributed by atoms with Crippen LogP contribution in [0, 0.1) is 0 Å². The van der Waals surface area contributed by atoms with Crippen molar-refractivity contribution in [1.82, 2.24) is 10.2 Å². The van der Waals surface area contributed by atoms with Crippen molar-refractivity contribution in [3.8, 4) is 0 Å². The lowest BCUT2D eigenvalue weighted by Crippen LogP contribution is -2.48. The number of carboxylic acid groups (broad SMARTS) is 1. The topological polar surface area (TPSA) is 86.7 Å². The molecular weight excluding hydrogens is 304 g/mol. The van der Waals surface area contributed by atoms with Gasteiger partial charge in [-0.2, -0.15) is 0 Å². The number of nitrogens with zero attached hydrogens (tertiary/aromatic N) is 1. The van der Waals surface area contributed by atoms with Crippen LogP contribution >= 0.6 is 11.3 Å². The second-order valence-corrected chi connectivity index (χ2v) is 6.28. The predicted octanol–water partition coefficient (Wildman–Crippen LogP) is 1.72. The number of likely N-dealkylation sites (tertiary alicyclic amines) is 1. The van der Waals surface area contributed by atoms with E-state index in [2.05, 4.69) is 5.32 Å². The lowest BCUT2D eigenvalue weighted by atomic mass is 9.98. The maximum absolute atomic E-state index is 12.3. The molecule has 22 heavy (non-hydrogen) atoms. The molecule has 2 amide bonds. The predicted molar refractivity (Wildman–Crippen MR) is 82.9 cm³/mol. The minimum absolute atomic E-state index is 0.0315. The molecule has 0 aliphatic carbocycles. The normalized spacial score (nSPS) is 18.0. The number of nitrogens with one attached hydrogen (secondary N) is 1. The molecule has 1 saturated heterocycles. The van der Waals surface area contributed by atoms with Gasteiger partial charge in [0.1, 0.15) is 0 Å². The average Bonchev–Trinajstić information content (AvgIpc) is 3.05. The third-order valence-corrected chi connectivity index (χ3v) is 4.65. The van der Waals surface area contributed by atoms with Gasteiger partial charge in [-0.25, -0.2) is 0 Å². The van der Waals surface area contributed by atoms with Crippen molar-refractivity contribution in [3.05, 3.63) is 22.4 Å². The summed E-state index contributed by atoms with van der Waals surface area (Å²) in [5.74, 6) is -1.23. The summed E-state index contributed by atoms with van der Waals surface area (Å²) in [4.78, 5) is 37.1. The highest BCUT2D eigenvalue weighted by molar-refractivity contribution is 7.12. The van der Waals surface area contributed by atoms with E-state index in [0.29, 0.717) is 17.8 Å². The van der Waals surface area contributed by atoms with E-state index in [4.69, 9.17) is 5.11 Å². The summed E-state index contributed by atoms with van der Waals surface area (Å²) in [6.07, 6.45) is 3.30. The number of piperidine rings is 1. The molecule has 0 radical (unpaired) electrons. The molecule has 7 heteroatoms. The molecule has 0 saturated carbocycles. The Balaban J connectivity index is 1.86. The summed E-state index contributed by atoms with van der Waals surface area (Å²) in [6.45, 7) is 0.596. The molecule has 2 heterocycles. The number of rotatable bonds is 6. The first-order valence-corrected chi connectivity index (χ1v) is 8.29. The van der Waals surface area contributed by atoms with Crippen molar-refractivity contribution in [2.75, 3.05) is 13.1 Å². The first kappa shape index (κ1) is 16.5. The number of carboxylic acids is 1. The largest absolute Gasteiger partial charge is 0.481 e. The fourth-order valence-corrected chi connectivity index (χ4v) is 3.31. The van der Waals surface area contributed by atoms with Crippen LogP contribution in [0.3, 0.4) is 0 Å². The minimum Gasteiger partial charge on any atom is -0.481 e. The molecule has 1 fully saturated rings. The Morgan fingerprint density at radius 3 is 2.86 bits per heavy atom. The Morgan fingerprint density at radius 1 is 1.36 bits per heavy atom. The van der Waals surface area contributed by atoms with Crippen molar-refractivity contribution in [2.45, 2.75) is 38.1 Å². The Kier molecular flexibility index (Phi) is 5.94. The number of hydrogen-bond donors (Lipinski definition) is 2. The lowest BCUT2D eigenvalue weighted by Gasteiger charge is -2.35. The van der Waals surface area contributed by atoms with E-state index in [1.54, 1.807) is 17.0 Å². The summed E-state index contributed by atoms with van der Waals surface area (Å²) in [6, 6.07) is 3.46. The summed E-state index contributed by atoms with van der Waals surface area (Å²) in [5.41, 5.74) is 0. The molecule has 120 valence electrons. The maximum Gasteiger partial charge on any atom is 0.303 e. The van der Waals surface area contributed by atoms with Gasteiger partial charge in [0.15, 0.2) is 0 Å². The number of amides is 2. The zero-order chi connectivity index (χ0) is 15.9. The summed E-state index contributed by atoms with van der Waals surface area (Å²) >= 11 is 1.33. The molecule has 1 aromatic rings. The third-order valence-electron chi connectivity index (χ3n) is 3.78. The van der Waals surface area contributed by atoms with E-state index in [-0.39, 0.29) is 30.8 Å². The van der Waals surface area contributed by atoms with Gasteiger partial charge in [-0.05, 0) is 37.1 Å². The number of aliphatic carboxylic acids is 1. The van der Waals surface area contributed by atoms with Crippen molar-refractivity contribution < 1.29 is 19.5 Å². The van der Waals surface area contributed by atoms with E-state index in [1.165, 1.54) is 11.3 Å². The smallest absolute Gasteiger partial charge is 0.303 e. The van der Waals surface area contributed by atoms with Crippen LogP contribution in [-0.4, -0.2) is 46.9 Å². The van der Waals surface area contributed by atoms with E-state index < -0.39 is 5.97 Å². The summed E-state index contributed by atoms with van der Waals surface area (Å²) in [5, 5.41) is 13.2. The van der Waals surface area contributed by atoms with Crippen LogP contribution in [0.4, 0.5) is 0 Å². The van der Waals surface area contributed by atoms with Crippen LogP contribution < -0.4 is 5.32 Å². The molecule has 2 N–H and O–H groups in total. The molecule has 1 aromatic heterocycles. The van der Waals surface area contributed by atoms with E-state index in [0.717, 1.165) is 19.3 Å². The van der Waals surface area contributed by atoms with Gasteiger partial charge in [-0.15, -0.1) is 11.3 Å². The Morgan fingerprint density at radius 2 is 2.18 bits per heavy atom. The molecule has 1 unspecified atom stereocenters. The standard InChI is InChI=1S/C15H20N2O4S/c18-13(10-16-15(21)12-5-3-9-22-12)17-8-2-1-4-11(17)6-7-14(19)20/h3,5,9,11H,1-2,4,6-8,10H2,(H,16,21)(H,19,20). The van der Waals surface area contributed by atoms with Gasteiger partial charge in [-0.3, -0.25) is 14.4 Å². The number of carbonyl (C=O) groups excluding carboxylic acids is 2. The fourth-order valence-electron chi connectivity index (χ4n) is 2.67. The number of thiophene rings is 1. The second kappa shape index (κ2) is 7.93. The molecule has 0 aromatic carbocycles. The number of carbonyl (C=O) groups is 3. The average molecular weight is 324 g/mol. The SMILES string of the molecule is O=C(O)CCC1CCCCN1C(=O)CNC(=O)c1cccs1. The van der Waals surface area contributed by atoms with Gasteiger partial charge in [0.05, 0.1) is 11.4 Å². The Bertz CT molecular complexity index is 530. The minimum atomic E-state index is -0.844. The molecule has 0 bridgehead atoms. The molecule has 1 aliphatic rings. The first-order chi connectivity index (χ1) is 10.6. The van der Waals surface area contributed by atoms with Crippen LogP contribution in [0.15, 0.2) is 17.5 Å². The zero-order valence-corrected chi connectivity index (χ0v) is 13.1. The van der Waals surface area contributed by atoms with Crippen molar-refractivity contribution >= 4 is 29.1 Å². The molecular formula is C15H20N2O4S. The van der Waals surface area contributed by atoms with E-state index in [1.807, 2.05) is 5.38 Å². The Labute approximate surface area is 133 Å². The highest BCUT2D eigenvalue weighted by Crippen LogP contribution is 2.21. The molecule has 1 atom stereocenters. The van der Waals surface area contributed by atoms with E-state index >= 15 is 0 Å². The highest BCUT2D eigenvalue weighted by atomic mass is 32.1. The quantitative estimate of drug-likeness (QED) is 0.834. The highest BCUT2D eigenvalue weighted by Gasteiger charge is 2.27. The van der Waals surface area contributed by atoms with Crippen LogP contribution in [0.25, 0.3) is 0 Å². The first-order valence-electron chi connectivity index (χ1n) is 7.41. The van der Waals surface area contributed by atoms with Gasteiger partial charge < -0.3 is 15.3 Å². The van der Waals surface area contributed by atoms with Gasteiger partial charge in [0.2, 0.25) is 5.91 Å². The lowest BCUT2D eigenvalue weighted by molar-refractivity contribution is -0.139. The van der Waals surface area contributed by atoms with Crippen molar-refractivity contribution in [1.29, 1.82) is 0 Å². The van der Waals surface area contributed by atoms with E-state index in [9.17, 15) is 14.4 Å². The van der Waals surface area contributed by atoms with Crippen LogP contribution in [-0.2, 0) is 9.59 Å². The van der Waals surface area contributed by atoms with Crippen molar-refractivity contribution in [3.63, 3.8) is 0 Å². The Hall–Kier alpha value is -1.89. The molecule has 6 nitrogen and oxygen atoms in total. The van der Waals surface area contributed by atoms with Crippen molar-refractivity contribution in [2.24, 2.45) is 0 Å². The summed E-state index contributed by atoms with van der Waals surface area (Å²) in [7, 11) is 0. The summed E-state index contributed by atoms with van der Waals surface area (Å²) < 4.78 is 0. The third kappa shape index (κ3) is 4.56. The molecule has 0 spiro atoms. The van der Waals surface area contributed by atoms with Crippen LogP contribution in [0.1, 0.15) is 41.8 Å².